The van der Waals surface area contributed by atoms with Crippen molar-refractivity contribution in [3.05, 3.63) is 5.69 Å². The molecule has 0 bridgehead atoms. The maximum atomic E-state index is 7.25. The van der Waals surface area contributed by atoms with E-state index in [-0.39, 0.29) is 0 Å². The molecule has 2 aliphatic rings. The lowest BCUT2D eigenvalue weighted by atomic mass is 10.3. The molecule has 2 aliphatic heterocycles. The second-order valence-corrected chi connectivity index (χ2v) is 4.78. The first-order valence-electron chi connectivity index (χ1n) is 8.01. The average Bonchev–Trinajstić information content (AvgIpc) is 2.50. The summed E-state index contributed by atoms with van der Waals surface area (Å²) in [6, 6.07) is 0. The number of nitrogens with zero attached hydrogens (tertiary/aromatic N) is 5. The van der Waals surface area contributed by atoms with Crippen molar-refractivity contribution >= 4 is 23.7 Å². The summed E-state index contributed by atoms with van der Waals surface area (Å²) >= 11 is 0. The molecule has 3 heterocycles. The summed E-state index contributed by atoms with van der Waals surface area (Å²) in [6.45, 7) is 4.58. The maximum absolute atomic E-state index is 7.25. The minimum atomic E-state index is -2.50. The molecule has 20 heavy (non-hydrogen) atoms. The number of anilines is 2. The van der Waals surface area contributed by atoms with Crippen molar-refractivity contribution in [1.82, 2.24) is 9.97 Å². The van der Waals surface area contributed by atoms with Gasteiger partial charge in [0.1, 0.15) is 5.69 Å². The van der Waals surface area contributed by atoms with Gasteiger partial charge in [0, 0.05) is 27.2 Å². The fourth-order valence-corrected chi connectivity index (χ4v) is 2.31. The van der Waals surface area contributed by atoms with Gasteiger partial charge in [-0.1, -0.05) is 0 Å². The van der Waals surface area contributed by atoms with Crippen molar-refractivity contribution in [2.75, 3.05) is 50.2 Å². The lowest BCUT2D eigenvalue weighted by Gasteiger charge is -2.32. The molecule has 7 nitrogen and oxygen atoms in total. The van der Waals surface area contributed by atoms with E-state index in [0.717, 1.165) is 18.8 Å². The van der Waals surface area contributed by atoms with Gasteiger partial charge in [-0.3, -0.25) is 4.99 Å². The van der Waals surface area contributed by atoms with E-state index in [1.807, 2.05) is 11.8 Å². The zero-order chi connectivity index (χ0) is 16.6. The Hall–Kier alpha value is -1.73. The van der Waals surface area contributed by atoms with Crippen molar-refractivity contribution < 1.29 is 13.6 Å². The van der Waals surface area contributed by atoms with Crippen LogP contribution in [-0.2, 0) is 9.47 Å². The van der Waals surface area contributed by atoms with Crippen molar-refractivity contribution in [1.29, 1.82) is 0 Å². The lowest BCUT2D eigenvalue weighted by molar-refractivity contribution is 0.122. The zero-order valence-corrected chi connectivity index (χ0v) is 11.5. The van der Waals surface area contributed by atoms with Gasteiger partial charge in [0.05, 0.1) is 29.2 Å². The third-order valence-corrected chi connectivity index (χ3v) is 3.49. The molecule has 1 saturated heterocycles. The van der Waals surface area contributed by atoms with Crippen LogP contribution in [0, 0.1) is 6.92 Å². The molecule has 0 N–H and O–H groups in total. The molecule has 7 heteroatoms. The van der Waals surface area contributed by atoms with Gasteiger partial charge in [0.15, 0.2) is 12.0 Å². The number of morpholine rings is 1. The van der Waals surface area contributed by atoms with Crippen molar-refractivity contribution in [2.24, 2.45) is 4.99 Å². The van der Waals surface area contributed by atoms with E-state index in [4.69, 9.17) is 13.6 Å². The monoisotopic (exact) mass is 280 g/mol. The van der Waals surface area contributed by atoms with E-state index in [0.29, 0.717) is 30.7 Å². The van der Waals surface area contributed by atoms with Crippen LogP contribution in [0.5, 0.6) is 0 Å². The topological polar surface area (TPSA) is 63.1 Å². The summed E-state index contributed by atoms with van der Waals surface area (Å²) in [5.74, 6) is 1.16. The number of ether oxygens (including phenoxy) is 2. The van der Waals surface area contributed by atoms with Crippen LogP contribution in [0.1, 0.15) is 9.81 Å². The summed E-state index contributed by atoms with van der Waals surface area (Å²) in [4.78, 5) is 17.1. The standard InChI is InChI=1S/C13H19N5O2/c1-9-11-12(17(2)10(19-3)8-14-11)16-13(15-9)18-4-6-20-7-5-18/h8,10H,4-7H2,1-3H3/i3D3. The molecule has 0 aliphatic carbocycles. The van der Waals surface area contributed by atoms with Crippen LogP contribution in [0.15, 0.2) is 4.99 Å². The largest absolute Gasteiger partial charge is 0.378 e. The quantitative estimate of drug-likeness (QED) is 0.796. The molecule has 1 aromatic heterocycles. The molecule has 1 unspecified atom stereocenters. The van der Waals surface area contributed by atoms with Gasteiger partial charge in [0.25, 0.3) is 0 Å². The summed E-state index contributed by atoms with van der Waals surface area (Å²) < 4.78 is 32.2. The van der Waals surface area contributed by atoms with Crippen LogP contribution in [0.2, 0.25) is 0 Å². The molecule has 0 saturated carbocycles. The number of hydrogen-bond donors (Lipinski definition) is 0. The first-order chi connectivity index (χ1) is 10.8. The predicted octanol–water partition coefficient (Wildman–Crippen LogP) is 0.746. The Morgan fingerprint density at radius 1 is 1.40 bits per heavy atom. The Labute approximate surface area is 122 Å². The highest BCUT2D eigenvalue weighted by Gasteiger charge is 2.25. The fourth-order valence-electron chi connectivity index (χ4n) is 2.31. The van der Waals surface area contributed by atoms with Gasteiger partial charge < -0.3 is 19.3 Å². The van der Waals surface area contributed by atoms with Gasteiger partial charge >= 0.3 is 0 Å². The maximum Gasteiger partial charge on any atom is 0.227 e. The number of aromatic nitrogens is 2. The molecule has 0 radical (unpaired) electrons. The highest BCUT2D eigenvalue weighted by molar-refractivity contribution is 5.82. The average molecular weight is 280 g/mol. The zero-order valence-electron chi connectivity index (χ0n) is 14.5. The molecule has 108 valence electrons. The van der Waals surface area contributed by atoms with Gasteiger partial charge in [-0.25, -0.2) is 4.98 Å². The Morgan fingerprint density at radius 2 is 2.20 bits per heavy atom. The number of aliphatic imine (C=N–C) groups is 1. The van der Waals surface area contributed by atoms with Gasteiger partial charge in [-0.05, 0) is 6.92 Å². The highest BCUT2D eigenvalue weighted by atomic mass is 16.5. The summed E-state index contributed by atoms with van der Waals surface area (Å²) in [5.41, 5.74) is 1.38. The van der Waals surface area contributed by atoms with Crippen LogP contribution in [0.25, 0.3) is 0 Å². The van der Waals surface area contributed by atoms with Gasteiger partial charge in [0.2, 0.25) is 5.95 Å². The first kappa shape index (κ1) is 10.1. The summed E-state index contributed by atoms with van der Waals surface area (Å²) in [6.07, 6.45) is 0.668. The molecular formula is C13H19N5O2. The van der Waals surface area contributed by atoms with Crippen LogP contribution in [-0.4, -0.2) is 62.8 Å². The number of aryl methyl sites for hydroxylation is 1. The molecule has 0 aromatic carbocycles. The third kappa shape index (κ3) is 2.23. The van der Waals surface area contributed by atoms with E-state index in [1.165, 1.54) is 6.21 Å². The SMILES string of the molecule is [2H]C([2H])([2H])OC1C=Nc2c(C)nc(N3CCOCC3)nc2N1C. The Morgan fingerprint density at radius 3 is 2.95 bits per heavy atom. The number of hydrogen-bond acceptors (Lipinski definition) is 7. The van der Waals surface area contributed by atoms with Gasteiger partial charge in [-0.2, -0.15) is 4.98 Å². The molecule has 1 atom stereocenters. The van der Waals surface area contributed by atoms with Crippen LogP contribution >= 0.6 is 0 Å². The molecule has 0 amide bonds. The van der Waals surface area contributed by atoms with E-state index in [2.05, 4.69) is 15.0 Å². The van der Waals surface area contributed by atoms with E-state index in [9.17, 15) is 0 Å². The van der Waals surface area contributed by atoms with E-state index >= 15 is 0 Å². The Bertz CT molecular complexity index is 616. The summed E-state index contributed by atoms with van der Waals surface area (Å²) in [7, 11) is -0.770. The Kier molecular flexibility index (Phi) is 2.68. The molecule has 1 fully saturated rings. The summed E-state index contributed by atoms with van der Waals surface area (Å²) in [5, 5.41) is 0. The fraction of sp³-hybridized carbons (Fsp3) is 0.615. The lowest BCUT2D eigenvalue weighted by Crippen LogP contribution is -2.40. The minimum absolute atomic E-state index is 0.566. The molecule has 3 rings (SSSR count). The first-order valence-corrected chi connectivity index (χ1v) is 6.51. The smallest absolute Gasteiger partial charge is 0.227 e. The van der Waals surface area contributed by atoms with Crippen LogP contribution < -0.4 is 9.80 Å². The third-order valence-electron chi connectivity index (χ3n) is 3.49. The molecule has 1 aromatic rings. The predicted molar refractivity (Wildman–Crippen MR) is 77.2 cm³/mol. The second-order valence-electron chi connectivity index (χ2n) is 4.78. The highest BCUT2D eigenvalue weighted by Crippen LogP contribution is 2.34. The molecular weight excluding hydrogens is 258 g/mol. The van der Waals surface area contributed by atoms with E-state index in [1.54, 1.807) is 11.9 Å². The van der Waals surface area contributed by atoms with Crippen molar-refractivity contribution in [3.63, 3.8) is 0 Å². The molecule has 0 spiro atoms. The van der Waals surface area contributed by atoms with Crippen LogP contribution in [0.3, 0.4) is 0 Å². The number of methoxy groups -OCH3 is 1. The van der Waals surface area contributed by atoms with Gasteiger partial charge in [-0.15, -0.1) is 0 Å². The second kappa shape index (κ2) is 5.34. The van der Waals surface area contributed by atoms with Crippen molar-refractivity contribution in [3.8, 4) is 0 Å². The number of rotatable bonds is 2. The minimum Gasteiger partial charge on any atom is -0.378 e. The Balaban J connectivity index is 1.91. The number of fused-ring (bicyclic) bond motifs is 1. The normalized spacial score (nSPS) is 24.9. The van der Waals surface area contributed by atoms with Crippen LogP contribution in [0.4, 0.5) is 17.5 Å². The van der Waals surface area contributed by atoms with Crippen molar-refractivity contribution in [2.45, 2.75) is 13.2 Å². The van der Waals surface area contributed by atoms with E-state index < -0.39 is 13.3 Å².